The third-order valence-electron chi connectivity index (χ3n) is 6.61. The molecule has 1 atom stereocenters. The van der Waals surface area contributed by atoms with Crippen LogP contribution < -0.4 is 9.47 Å². The Balaban J connectivity index is 1.62. The van der Waals surface area contributed by atoms with Gasteiger partial charge in [-0.1, -0.05) is 6.92 Å². The fourth-order valence-electron chi connectivity index (χ4n) is 4.63. The van der Waals surface area contributed by atoms with Gasteiger partial charge in [-0.2, -0.15) is 0 Å². The van der Waals surface area contributed by atoms with Crippen LogP contribution in [0.25, 0.3) is 0 Å². The minimum atomic E-state index is 0.0482. The maximum absolute atomic E-state index is 13.1. The van der Waals surface area contributed by atoms with Crippen molar-refractivity contribution in [1.82, 2.24) is 14.7 Å². The molecular weight excluding hydrogens is 378 g/mol. The quantitative estimate of drug-likeness (QED) is 0.649. The minimum Gasteiger partial charge on any atom is -0.493 e. The van der Waals surface area contributed by atoms with Gasteiger partial charge in [0.1, 0.15) is 6.10 Å². The van der Waals surface area contributed by atoms with Crippen LogP contribution in [0.4, 0.5) is 0 Å². The van der Waals surface area contributed by atoms with E-state index in [4.69, 9.17) is 9.47 Å². The summed E-state index contributed by atoms with van der Waals surface area (Å²) in [4.78, 5) is 19.8. The summed E-state index contributed by atoms with van der Waals surface area (Å²) in [5, 5.41) is 0. The minimum absolute atomic E-state index is 0.0482. The lowest BCUT2D eigenvalue weighted by molar-refractivity contribution is 0.0763. The molecule has 0 radical (unpaired) electrons. The van der Waals surface area contributed by atoms with Crippen molar-refractivity contribution in [3.05, 3.63) is 23.8 Å². The Morgan fingerprint density at radius 2 is 1.90 bits per heavy atom. The van der Waals surface area contributed by atoms with E-state index in [-0.39, 0.29) is 12.0 Å². The topological polar surface area (TPSA) is 45.3 Å². The number of benzene rings is 1. The fraction of sp³-hybridized carbons (Fsp3) is 0.708. The third-order valence-corrected chi connectivity index (χ3v) is 6.61. The molecule has 1 aromatic rings. The van der Waals surface area contributed by atoms with Gasteiger partial charge in [0.25, 0.3) is 5.91 Å². The Kier molecular flexibility index (Phi) is 8.00. The number of hydrogen-bond donors (Lipinski definition) is 0. The van der Waals surface area contributed by atoms with Gasteiger partial charge < -0.3 is 24.2 Å². The second-order valence-corrected chi connectivity index (χ2v) is 9.05. The number of carbonyl (C=O) groups excluding carboxylic acids is 1. The zero-order valence-corrected chi connectivity index (χ0v) is 19.4. The Labute approximate surface area is 182 Å². The SMILES string of the molecule is CCN1CC[C@H](CN(C)C(=O)c2ccc(OC)c(OC3CCN(C(C)C)CC3)c2)C1. The average Bonchev–Trinajstić information content (AvgIpc) is 3.21. The van der Waals surface area contributed by atoms with E-state index >= 15 is 0 Å². The van der Waals surface area contributed by atoms with E-state index in [0.29, 0.717) is 29.0 Å². The lowest BCUT2D eigenvalue weighted by Crippen LogP contribution is -2.41. The summed E-state index contributed by atoms with van der Waals surface area (Å²) in [6.07, 6.45) is 3.32. The first-order valence-corrected chi connectivity index (χ1v) is 11.5. The zero-order valence-electron chi connectivity index (χ0n) is 19.4. The number of nitrogens with zero attached hydrogens (tertiary/aromatic N) is 3. The molecule has 6 nitrogen and oxygen atoms in total. The lowest BCUT2D eigenvalue weighted by Gasteiger charge is -2.34. The fourth-order valence-corrected chi connectivity index (χ4v) is 4.63. The number of carbonyl (C=O) groups is 1. The van der Waals surface area contributed by atoms with Gasteiger partial charge in [-0.25, -0.2) is 0 Å². The Bertz CT molecular complexity index is 701. The van der Waals surface area contributed by atoms with Crippen molar-refractivity contribution in [1.29, 1.82) is 0 Å². The molecule has 0 bridgehead atoms. The van der Waals surface area contributed by atoms with Gasteiger partial charge in [-0.05, 0) is 70.3 Å². The van der Waals surface area contributed by atoms with Crippen LogP contribution in [-0.4, -0.2) is 86.2 Å². The molecule has 2 aliphatic rings. The monoisotopic (exact) mass is 417 g/mol. The second-order valence-electron chi connectivity index (χ2n) is 9.05. The van der Waals surface area contributed by atoms with Crippen molar-refractivity contribution < 1.29 is 14.3 Å². The third kappa shape index (κ3) is 5.67. The number of piperidine rings is 1. The van der Waals surface area contributed by atoms with Crippen LogP contribution in [0.3, 0.4) is 0 Å². The maximum Gasteiger partial charge on any atom is 0.253 e. The molecule has 0 unspecified atom stereocenters. The molecule has 0 saturated carbocycles. The van der Waals surface area contributed by atoms with Crippen LogP contribution in [0.2, 0.25) is 0 Å². The highest BCUT2D eigenvalue weighted by atomic mass is 16.5. The van der Waals surface area contributed by atoms with Gasteiger partial charge in [0.05, 0.1) is 7.11 Å². The van der Waals surface area contributed by atoms with Crippen LogP contribution >= 0.6 is 0 Å². The number of ether oxygens (including phenoxy) is 2. The summed E-state index contributed by atoms with van der Waals surface area (Å²) >= 11 is 0. The highest BCUT2D eigenvalue weighted by molar-refractivity contribution is 5.94. The van der Waals surface area contributed by atoms with E-state index < -0.39 is 0 Å². The smallest absolute Gasteiger partial charge is 0.253 e. The summed E-state index contributed by atoms with van der Waals surface area (Å²) in [5.41, 5.74) is 0.665. The van der Waals surface area contributed by atoms with E-state index in [9.17, 15) is 4.79 Å². The molecular formula is C24H39N3O3. The number of likely N-dealkylation sites (tertiary alicyclic amines) is 2. The Hall–Kier alpha value is -1.79. The van der Waals surface area contributed by atoms with Crippen molar-refractivity contribution in [3.63, 3.8) is 0 Å². The molecule has 0 N–H and O–H groups in total. The van der Waals surface area contributed by atoms with Crippen LogP contribution in [0.5, 0.6) is 11.5 Å². The molecule has 3 rings (SSSR count). The Morgan fingerprint density at radius 1 is 1.17 bits per heavy atom. The molecule has 1 aromatic carbocycles. The molecule has 1 amide bonds. The summed E-state index contributed by atoms with van der Waals surface area (Å²) < 4.78 is 11.8. The van der Waals surface area contributed by atoms with E-state index in [1.807, 2.05) is 30.1 Å². The molecule has 2 heterocycles. The van der Waals surface area contributed by atoms with Crippen LogP contribution in [0.15, 0.2) is 18.2 Å². The van der Waals surface area contributed by atoms with Gasteiger partial charge in [0.15, 0.2) is 11.5 Å². The van der Waals surface area contributed by atoms with Crippen LogP contribution in [0.1, 0.15) is 50.4 Å². The summed E-state index contributed by atoms with van der Waals surface area (Å²) in [5.74, 6) is 1.97. The van der Waals surface area contributed by atoms with Crippen molar-refractivity contribution in [2.45, 2.75) is 52.2 Å². The molecule has 30 heavy (non-hydrogen) atoms. The number of methoxy groups -OCH3 is 1. The number of rotatable bonds is 8. The van der Waals surface area contributed by atoms with Crippen molar-refractivity contribution in [2.75, 3.05) is 53.4 Å². The first kappa shape index (κ1) is 22.9. The van der Waals surface area contributed by atoms with E-state index in [2.05, 4.69) is 30.6 Å². The van der Waals surface area contributed by atoms with Gasteiger partial charge in [0.2, 0.25) is 0 Å². The molecule has 0 aliphatic carbocycles. The molecule has 2 aliphatic heterocycles. The van der Waals surface area contributed by atoms with Crippen molar-refractivity contribution >= 4 is 5.91 Å². The van der Waals surface area contributed by atoms with Gasteiger partial charge in [0, 0.05) is 44.8 Å². The highest BCUT2D eigenvalue weighted by Gasteiger charge is 2.26. The Morgan fingerprint density at radius 3 is 2.50 bits per heavy atom. The molecule has 0 spiro atoms. The highest BCUT2D eigenvalue weighted by Crippen LogP contribution is 2.31. The number of hydrogen-bond acceptors (Lipinski definition) is 5. The first-order chi connectivity index (χ1) is 14.4. The van der Waals surface area contributed by atoms with Crippen LogP contribution in [-0.2, 0) is 0 Å². The van der Waals surface area contributed by atoms with Gasteiger partial charge in [-0.15, -0.1) is 0 Å². The van der Waals surface area contributed by atoms with Crippen molar-refractivity contribution in [2.24, 2.45) is 5.92 Å². The molecule has 6 heteroatoms. The van der Waals surface area contributed by atoms with Gasteiger partial charge in [-0.3, -0.25) is 4.79 Å². The van der Waals surface area contributed by atoms with Gasteiger partial charge >= 0.3 is 0 Å². The predicted octanol–water partition coefficient (Wildman–Crippen LogP) is 3.36. The predicted molar refractivity (Wildman–Crippen MR) is 121 cm³/mol. The first-order valence-electron chi connectivity index (χ1n) is 11.5. The standard InChI is InChI=1S/C24H39N3O3/c1-6-26-12-9-19(17-26)16-25(4)24(28)20-7-8-22(29-5)23(15-20)30-21-10-13-27(14-11-21)18(2)3/h7-8,15,18-19,21H,6,9-14,16-17H2,1-5H3/t19-/m1/s1. The largest absolute Gasteiger partial charge is 0.493 e. The molecule has 2 fully saturated rings. The van der Waals surface area contributed by atoms with E-state index in [1.165, 1.54) is 0 Å². The molecule has 168 valence electrons. The normalized spacial score (nSPS) is 21.2. The molecule has 0 aromatic heterocycles. The second kappa shape index (κ2) is 10.5. The number of amides is 1. The lowest BCUT2D eigenvalue weighted by atomic mass is 10.1. The zero-order chi connectivity index (χ0) is 21.7. The summed E-state index contributed by atoms with van der Waals surface area (Å²) in [7, 11) is 3.56. The van der Waals surface area contributed by atoms with Crippen molar-refractivity contribution in [3.8, 4) is 11.5 Å². The van der Waals surface area contributed by atoms with E-state index in [1.54, 1.807) is 7.11 Å². The molecule has 2 saturated heterocycles. The average molecular weight is 418 g/mol. The summed E-state index contributed by atoms with van der Waals surface area (Å²) in [6, 6.07) is 6.13. The summed E-state index contributed by atoms with van der Waals surface area (Å²) in [6.45, 7) is 12.9. The van der Waals surface area contributed by atoms with E-state index in [0.717, 1.165) is 58.5 Å². The maximum atomic E-state index is 13.1. The van der Waals surface area contributed by atoms with Crippen LogP contribution in [0, 0.1) is 5.92 Å².